The number of carbonyl (C=O) groups is 1. The largest absolute Gasteiger partial charge is 0.480 e. The summed E-state index contributed by atoms with van der Waals surface area (Å²) in [5.41, 5.74) is 3.10. The molecule has 2 heterocycles. The molecule has 0 saturated carbocycles. The Bertz CT molecular complexity index is 1080. The summed E-state index contributed by atoms with van der Waals surface area (Å²) in [6.45, 7) is 6.78. The van der Waals surface area contributed by atoms with E-state index in [1.54, 1.807) is 13.8 Å². The van der Waals surface area contributed by atoms with Gasteiger partial charge in [-0.25, -0.2) is 15.0 Å². The smallest absolute Gasteiger partial charge is 0.319 e. The van der Waals surface area contributed by atoms with E-state index in [9.17, 15) is 9.90 Å². The normalized spacial score (nSPS) is 11.8. The van der Waals surface area contributed by atoms with Gasteiger partial charge in [0.05, 0.1) is 5.69 Å². The summed E-state index contributed by atoms with van der Waals surface area (Å²) < 4.78 is -0.155. The third-order valence-corrected chi connectivity index (χ3v) is 7.34. The highest BCUT2D eigenvalue weighted by atomic mass is 35.5. The molecule has 0 amide bonds. The molecule has 0 aliphatic rings. The zero-order valence-electron chi connectivity index (χ0n) is 18.9. The Balaban J connectivity index is 1.68. The van der Waals surface area contributed by atoms with Gasteiger partial charge >= 0.3 is 5.97 Å². The van der Waals surface area contributed by atoms with Crippen LogP contribution in [0, 0.1) is 0 Å². The van der Waals surface area contributed by atoms with Crippen LogP contribution in [0.5, 0.6) is 0 Å². The Kier molecular flexibility index (Phi) is 8.88. The average molecular weight is 503 g/mol. The van der Waals surface area contributed by atoms with Gasteiger partial charge < -0.3 is 10.0 Å². The molecule has 0 radical (unpaired) electrons. The fraction of sp³-hybridized carbons (Fsp3) is 0.333. The van der Waals surface area contributed by atoms with Gasteiger partial charge in [-0.05, 0) is 43.5 Å². The molecule has 0 atom stereocenters. The summed E-state index contributed by atoms with van der Waals surface area (Å²) in [6, 6.07) is 7.69. The number of aliphatic carboxylic acids is 1. The molecule has 0 bridgehead atoms. The molecule has 174 valence electrons. The van der Waals surface area contributed by atoms with E-state index in [0.29, 0.717) is 30.5 Å². The van der Waals surface area contributed by atoms with Crippen molar-refractivity contribution >= 4 is 52.7 Å². The molecular weight excluding hydrogens is 476 g/mol. The molecular formula is C24H27ClN4O2S2. The van der Waals surface area contributed by atoms with Crippen LogP contribution >= 0.6 is 34.7 Å². The molecule has 0 unspecified atom stereocenters. The second-order valence-electron chi connectivity index (χ2n) is 7.92. The lowest BCUT2D eigenvalue weighted by atomic mass is 10.2. The van der Waals surface area contributed by atoms with Crippen LogP contribution in [0.25, 0.3) is 6.08 Å². The summed E-state index contributed by atoms with van der Waals surface area (Å²) in [5.74, 6) is -0.180. The lowest BCUT2D eigenvalue weighted by Crippen LogP contribution is -2.28. The van der Waals surface area contributed by atoms with Crippen LogP contribution in [-0.2, 0) is 17.6 Å². The summed E-state index contributed by atoms with van der Waals surface area (Å²) in [5, 5.41) is 12.1. The maximum Gasteiger partial charge on any atom is 0.319 e. The number of rotatable bonds is 11. The van der Waals surface area contributed by atoms with Crippen LogP contribution in [0.15, 0.2) is 52.5 Å². The molecule has 9 heteroatoms. The molecule has 3 aromatic rings. The fourth-order valence-electron chi connectivity index (χ4n) is 2.82. The second-order valence-corrected chi connectivity index (χ2v) is 11.1. The fourth-order valence-corrected chi connectivity index (χ4v) is 5.17. The predicted molar refractivity (Wildman–Crippen MR) is 137 cm³/mol. The average Bonchev–Trinajstić information content (AvgIpc) is 3.24. The minimum absolute atomic E-state index is 0.645. The number of carboxylic acids is 1. The van der Waals surface area contributed by atoms with Gasteiger partial charge in [-0.3, -0.25) is 4.79 Å². The van der Waals surface area contributed by atoms with Crippen molar-refractivity contribution in [2.24, 2.45) is 0 Å². The number of thiazole rings is 1. The summed E-state index contributed by atoms with van der Waals surface area (Å²) in [6.07, 6.45) is 9.46. The minimum Gasteiger partial charge on any atom is -0.480 e. The van der Waals surface area contributed by atoms with Crippen molar-refractivity contribution in [3.05, 3.63) is 70.0 Å². The third kappa shape index (κ3) is 7.55. The lowest BCUT2D eigenvalue weighted by Gasteiger charge is -2.20. The zero-order valence-corrected chi connectivity index (χ0v) is 21.3. The molecule has 0 aliphatic carbocycles. The highest BCUT2D eigenvalue weighted by Gasteiger charge is 2.29. The first-order chi connectivity index (χ1) is 15.8. The van der Waals surface area contributed by atoms with E-state index in [-0.39, 0.29) is 0 Å². The Morgan fingerprint density at radius 1 is 1.24 bits per heavy atom. The van der Waals surface area contributed by atoms with Gasteiger partial charge in [-0.15, -0.1) is 11.3 Å². The van der Waals surface area contributed by atoms with Crippen molar-refractivity contribution in [3.8, 4) is 0 Å². The Hall–Kier alpha value is -2.42. The summed E-state index contributed by atoms with van der Waals surface area (Å²) >= 11 is 8.72. The quantitative estimate of drug-likeness (QED) is 0.328. The lowest BCUT2D eigenvalue weighted by molar-refractivity contribution is -0.138. The summed E-state index contributed by atoms with van der Waals surface area (Å²) in [4.78, 5) is 27.2. The summed E-state index contributed by atoms with van der Waals surface area (Å²) in [7, 11) is 0. The monoisotopic (exact) mass is 502 g/mol. The number of aryl methyl sites for hydroxylation is 1. The van der Waals surface area contributed by atoms with E-state index in [4.69, 9.17) is 11.6 Å². The van der Waals surface area contributed by atoms with Crippen LogP contribution in [-0.4, -0.2) is 43.9 Å². The van der Waals surface area contributed by atoms with Crippen molar-refractivity contribution in [3.63, 3.8) is 0 Å². The first kappa shape index (κ1) is 25.2. The van der Waals surface area contributed by atoms with Crippen molar-refractivity contribution < 1.29 is 9.90 Å². The van der Waals surface area contributed by atoms with Crippen molar-refractivity contribution in [2.45, 2.75) is 42.7 Å². The molecule has 3 rings (SSSR count). The van der Waals surface area contributed by atoms with Gasteiger partial charge in [-0.1, -0.05) is 54.6 Å². The maximum atomic E-state index is 11.4. The number of anilines is 1. The van der Waals surface area contributed by atoms with E-state index in [2.05, 4.69) is 38.9 Å². The molecule has 1 aromatic carbocycles. The van der Waals surface area contributed by atoms with Gasteiger partial charge in [0, 0.05) is 42.3 Å². The second kappa shape index (κ2) is 11.6. The van der Waals surface area contributed by atoms with Crippen molar-refractivity contribution in [2.75, 3.05) is 18.0 Å². The number of carboxylic acid groups (broad SMARTS) is 1. The van der Waals surface area contributed by atoms with Crippen LogP contribution in [0.4, 0.5) is 5.95 Å². The number of aromatic nitrogens is 3. The Morgan fingerprint density at radius 2 is 1.94 bits per heavy atom. The number of benzene rings is 1. The number of hydrogen-bond donors (Lipinski definition) is 1. The molecule has 0 saturated heterocycles. The Labute approximate surface area is 207 Å². The Morgan fingerprint density at radius 3 is 2.58 bits per heavy atom. The first-order valence-corrected chi connectivity index (χ1v) is 12.7. The van der Waals surface area contributed by atoms with E-state index < -0.39 is 10.7 Å². The highest BCUT2D eigenvalue weighted by Crippen LogP contribution is 2.34. The molecule has 1 N–H and O–H groups in total. The maximum absolute atomic E-state index is 11.4. The topological polar surface area (TPSA) is 79.2 Å². The SMILES string of the molecule is CCc1cnc(N(CC=Cc2ccc(Cl)cc2)CCc2csc(SC(C)(C)C(=O)O)n2)nc1. The molecule has 2 aromatic heterocycles. The molecule has 33 heavy (non-hydrogen) atoms. The number of nitrogens with zero attached hydrogens (tertiary/aromatic N) is 4. The predicted octanol–water partition coefficient (Wildman–Crippen LogP) is 5.87. The minimum atomic E-state index is -0.914. The van der Waals surface area contributed by atoms with Gasteiger partial charge in [0.15, 0.2) is 4.34 Å². The van der Waals surface area contributed by atoms with E-state index in [1.807, 2.05) is 42.0 Å². The highest BCUT2D eigenvalue weighted by molar-refractivity contribution is 8.03. The molecule has 0 aliphatic heterocycles. The molecule has 6 nitrogen and oxygen atoms in total. The van der Waals surface area contributed by atoms with Crippen LogP contribution in [0.3, 0.4) is 0 Å². The molecule has 0 spiro atoms. The number of thioether (sulfide) groups is 1. The van der Waals surface area contributed by atoms with E-state index in [1.165, 1.54) is 23.1 Å². The standard InChI is InChI=1S/C24H27ClN4O2S2/c1-4-17-14-26-22(27-15-17)29(12-5-6-18-7-9-19(25)10-8-18)13-11-20-16-32-23(28-20)33-24(2,3)21(30)31/h5-10,14-16H,4,11-13H2,1-3H3,(H,30,31). The van der Waals surface area contributed by atoms with E-state index >= 15 is 0 Å². The van der Waals surface area contributed by atoms with Crippen molar-refractivity contribution in [1.82, 2.24) is 15.0 Å². The van der Waals surface area contributed by atoms with Gasteiger partial charge in [-0.2, -0.15) is 0 Å². The number of hydrogen-bond acceptors (Lipinski definition) is 7. The van der Waals surface area contributed by atoms with Gasteiger partial charge in [0.25, 0.3) is 0 Å². The first-order valence-electron chi connectivity index (χ1n) is 10.6. The van der Waals surface area contributed by atoms with Crippen molar-refractivity contribution in [1.29, 1.82) is 0 Å². The van der Waals surface area contributed by atoms with Crippen LogP contribution in [0.2, 0.25) is 5.02 Å². The van der Waals surface area contributed by atoms with Crippen LogP contribution < -0.4 is 4.90 Å². The molecule has 0 fully saturated rings. The third-order valence-electron chi connectivity index (χ3n) is 4.91. The van der Waals surface area contributed by atoms with Gasteiger partial charge in [0.1, 0.15) is 4.75 Å². The van der Waals surface area contributed by atoms with Crippen LogP contribution in [0.1, 0.15) is 37.6 Å². The number of halogens is 1. The van der Waals surface area contributed by atoms with E-state index in [0.717, 1.165) is 27.6 Å². The van der Waals surface area contributed by atoms with Gasteiger partial charge in [0.2, 0.25) is 5.95 Å². The zero-order chi connectivity index (χ0) is 23.8.